The molecular formula is C16H18N2O11. The number of nitrogens with zero attached hydrogens (tertiary/aromatic N) is 1. The van der Waals surface area contributed by atoms with Crippen molar-refractivity contribution in [2.45, 2.75) is 45.3 Å². The smallest absolute Gasteiger partial charge is 0.342 e. The molecular weight excluding hydrogens is 396 g/mol. The Hall–Kier alpha value is -3.48. The summed E-state index contributed by atoms with van der Waals surface area (Å²) >= 11 is 0. The summed E-state index contributed by atoms with van der Waals surface area (Å²) in [5.74, 6) is -3.87. The molecule has 2 rings (SSSR count). The molecule has 0 radical (unpaired) electrons. The molecule has 1 aromatic rings. The molecule has 1 aromatic heterocycles. The molecule has 1 aliphatic heterocycles. The van der Waals surface area contributed by atoms with Gasteiger partial charge in [0.1, 0.15) is 18.3 Å². The van der Waals surface area contributed by atoms with Crippen molar-refractivity contribution in [2.75, 3.05) is 6.61 Å². The van der Waals surface area contributed by atoms with E-state index in [0.717, 1.165) is 20.8 Å². The van der Waals surface area contributed by atoms with Gasteiger partial charge in [-0.2, -0.15) is 0 Å². The van der Waals surface area contributed by atoms with Crippen molar-refractivity contribution >= 4 is 23.9 Å². The van der Waals surface area contributed by atoms with Gasteiger partial charge in [-0.15, -0.1) is 0 Å². The maximum absolute atomic E-state index is 12.2. The fourth-order valence-electron chi connectivity index (χ4n) is 2.74. The molecule has 158 valence electrons. The average molecular weight is 414 g/mol. The summed E-state index contributed by atoms with van der Waals surface area (Å²) in [4.78, 5) is 71.1. The maximum atomic E-state index is 12.2. The van der Waals surface area contributed by atoms with Gasteiger partial charge in [-0.3, -0.25) is 28.7 Å². The fourth-order valence-corrected chi connectivity index (χ4v) is 2.74. The number of H-pyrrole nitrogens is 1. The molecule has 1 fully saturated rings. The minimum absolute atomic E-state index is 0.411. The lowest BCUT2D eigenvalue weighted by Crippen LogP contribution is -2.43. The first-order valence-corrected chi connectivity index (χ1v) is 8.23. The van der Waals surface area contributed by atoms with Gasteiger partial charge in [0.25, 0.3) is 5.56 Å². The molecule has 13 heteroatoms. The van der Waals surface area contributed by atoms with Crippen LogP contribution in [0.5, 0.6) is 0 Å². The zero-order valence-electron chi connectivity index (χ0n) is 15.6. The van der Waals surface area contributed by atoms with E-state index in [0.29, 0.717) is 10.8 Å². The highest BCUT2D eigenvalue weighted by molar-refractivity contribution is 5.86. The van der Waals surface area contributed by atoms with E-state index in [1.807, 2.05) is 4.98 Å². The first-order valence-electron chi connectivity index (χ1n) is 8.23. The number of carboxylic acid groups (broad SMARTS) is 1. The summed E-state index contributed by atoms with van der Waals surface area (Å²) in [6.45, 7) is 2.85. The summed E-state index contributed by atoms with van der Waals surface area (Å²) in [5.41, 5.74) is -2.98. The van der Waals surface area contributed by atoms with Crippen LogP contribution in [0.2, 0.25) is 0 Å². The third-order valence-corrected chi connectivity index (χ3v) is 3.81. The topological polar surface area (TPSA) is 180 Å². The predicted octanol–water partition coefficient (Wildman–Crippen LogP) is -1.44. The minimum atomic E-state index is -1.62. The normalized spacial score (nSPS) is 23.3. The van der Waals surface area contributed by atoms with Crippen molar-refractivity contribution in [3.8, 4) is 0 Å². The second kappa shape index (κ2) is 8.68. The molecule has 2 heterocycles. The van der Waals surface area contributed by atoms with E-state index >= 15 is 0 Å². The number of carboxylic acids is 1. The van der Waals surface area contributed by atoms with Gasteiger partial charge in [0, 0.05) is 27.0 Å². The minimum Gasteiger partial charge on any atom is -0.477 e. The molecule has 0 bridgehead atoms. The summed E-state index contributed by atoms with van der Waals surface area (Å²) in [6.07, 6.45) is -4.60. The van der Waals surface area contributed by atoms with Gasteiger partial charge >= 0.3 is 29.6 Å². The van der Waals surface area contributed by atoms with E-state index in [4.69, 9.17) is 24.1 Å². The van der Waals surface area contributed by atoms with Gasteiger partial charge in [-0.25, -0.2) is 9.59 Å². The van der Waals surface area contributed by atoms with Crippen LogP contribution >= 0.6 is 0 Å². The van der Waals surface area contributed by atoms with Gasteiger partial charge in [-0.05, 0) is 0 Å². The Kier molecular flexibility index (Phi) is 6.53. The number of esters is 3. The Bertz CT molecular complexity index is 947. The fraction of sp³-hybridized carbons (Fsp3) is 0.500. The van der Waals surface area contributed by atoms with E-state index in [2.05, 4.69) is 0 Å². The Balaban J connectivity index is 2.54. The monoisotopic (exact) mass is 414 g/mol. The van der Waals surface area contributed by atoms with E-state index < -0.39 is 71.8 Å². The molecule has 0 aromatic carbocycles. The SMILES string of the molecule is CC(=O)OC[C@H]1O[C@@H](n2cc(C(=O)O)c(=O)[nH]c2=O)[C@H](OC(C)=O)[C@@H]1OC(C)=O. The number of nitrogens with one attached hydrogen (secondary N) is 1. The zero-order valence-corrected chi connectivity index (χ0v) is 15.6. The number of hydrogen-bond acceptors (Lipinski definition) is 10. The predicted molar refractivity (Wildman–Crippen MR) is 89.9 cm³/mol. The lowest BCUT2D eigenvalue weighted by Gasteiger charge is -2.23. The van der Waals surface area contributed by atoms with Crippen molar-refractivity contribution < 1.29 is 43.2 Å². The average Bonchev–Trinajstić information content (AvgIpc) is 2.89. The van der Waals surface area contributed by atoms with Crippen LogP contribution in [0.25, 0.3) is 0 Å². The molecule has 1 saturated heterocycles. The van der Waals surface area contributed by atoms with E-state index in [9.17, 15) is 28.8 Å². The van der Waals surface area contributed by atoms with Crippen LogP contribution in [-0.2, 0) is 33.3 Å². The van der Waals surface area contributed by atoms with E-state index in [-0.39, 0.29) is 0 Å². The van der Waals surface area contributed by atoms with Crippen molar-refractivity contribution in [3.63, 3.8) is 0 Å². The Morgan fingerprint density at radius 1 is 1.07 bits per heavy atom. The van der Waals surface area contributed by atoms with Crippen LogP contribution in [0.4, 0.5) is 0 Å². The lowest BCUT2D eigenvalue weighted by atomic mass is 10.1. The van der Waals surface area contributed by atoms with Crippen LogP contribution < -0.4 is 11.2 Å². The molecule has 0 unspecified atom stereocenters. The quantitative estimate of drug-likeness (QED) is 0.411. The Morgan fingerprint density at radius 3 is 2.17 bits per heavy atom. The molecule has 2 N–H and O–H groups in total. The largest absolute Gasteiger partial charge is 0.477 e. The van der Waals surface area contributed by atoms with Gasteiger partial charge < -0.3 is 24.1 Å². The second-order valence-corrected chi connectivity index (χ2v) is 6.03. The standard InChI is InChI=1S/C16H18N2O11/c1-6(19)26-5-10-11(27-7(2)20)12(28-8(3)21)14(29-10)18-4-9(15(23)24)13(22)17-16(18)25/h4,10-12,14H,5H2,1-3H3,(H,23,24)(H,17,22,25)/t10-,11-,12-,14-/m1/s1. The van der Waals surface area contributed by atoms with Crippen molar-refractivity contribution in [1.29, 1.82) is 0 Å². The Labute approximate surface area is 162 Å². The Morgan fingerprint density at radius 2 is 1.66 bits per heavy atom. The van der Waals surface area contributed by atoms with Crippen LogP contribution in [0, 0.1) is 0 Å². The third-order valence-electron chi connectivity index (χ3n) is 3.81. The number of ether oxygens (including phenoxy) is 4. The first-order chi connectivity index (χ1) is 13.5. The zero-order chi connectivity index (χ0) is 21.9. The summed E-state index contributed by atoms with van der Waals surface area (Å²) in [5, 5.41) is 9.11. The van der Waals surface area contributed by atoms with Crippen LogP contribution in [0.3, 0.4) is 0 Å². The number of carbonyl (C=O) groups excluding carboxylic acids is 3. The molecule has 0 aliphatic carbocycles. The number of aromatic carboxylic acids is 1. The van der Waals surface area contributed by atoms with Crippen molar-refractivity contribution in [1.82, 2.24) is 9.55 Å². The molecule has 0 spiro atoms. The van der Waals surface area contributed by atoms with Gasteiger partial charge in [-0.1, -0.05) is 0 Å². The maximum Gasteiger partial charge on any atom is 0.342 e. The molecule has 29 heavy (non-hydrogen) atoms. The molecule has 0 saturated carbocycles. The summed E-state index contributed by atoms with van der Waals surface area (Å²) in [7, 11) is 0. The van der Waals surface area contributed by atoms with Crippen molar-refractivity contribution in [3.05, 3.63) is 32.6 Å². The highest BCUT2D eigenvalue weighted by Crippen LogP contribution is 2.33. The molecule has 4 atom stereocenters. The van der Waals surface area contributed by atoms with E-state index in [1.54, 1.807) is 0 Å². The van der Waals surface area contributed by atoms with Crippen LogP contribution in [-0.4, -0.2) is 63.5 Å². The van der Waals surface area contributed by atoms with Gasteiger partial charge in [0.2, 0.25) is 0 Å². The molecule has 0 amide bonds. The lowest BCUT2D eigenvalue weighted by molar-refractivity contribution is -0.166. The van der Waals surface area contributed by atoms with E-state index in [1.165, 1.54) is 0 Å². The number of aromatic amines is 1. The van der Waals surface area contributed by atoms with Gasteiger partial charge in [0.15, 0.2) is 18.4 Å². The summed E-state index contributed by atoms with van der Waals surface area (Å²) < 4.78 is 21.4. The number of rotatable bonds is 6. The van der Waals surface area contributed by atoms with Gasteiger partial charge in [0.05, 0.1) is 0 Å². The number of aromatic nitrogens is 2. The third kappa shape index (κ3) is 5.07. The number of carbonyl (C=O) groups is 4. The van der Waals surface area contributed by atoms with Crippen LogP contribution in [0.1, 0.15) is 37.4 Å². The second-order valence-electron chi connectivity index (χ2n) is 6.03. The molecule has 13 nitrogen and oxygen atoms in total. The number of hydrogen-bond donors (Lipinski definition) is 2. The van der Waals surface area contributed by atoms with Crippen LogP contribution in [0.15, 0.2) is 15.8 Å². The van der Waals surface area contributed by atoms with Crippen molar-refractivity contribution in [2.24, 2.45) is 0 Å². The summed E-state index contributed by atoms with van der Waals surface area (Å²) in [6, 6.07) is 0. The highest BCUT2D eigenvalue weighted by Gasteiger charge is 2.51. The molecule has 1 aliphatic rings. The first kappa shape index (κ1) is 21.8. The highest BCUT2D eigenvalue weighted by atomic mass is 16.7.